The van der Waals surface area contributed by atoms with Gasteiger partial charge >= 0.3 is 0 Å². The second-order valence-corrected chi connectivity index (χ2v) is 7.21. The third kappa shape index (κ3) is 3.14. The maximum absolute atomic E-state index is 11.9. The number of carbonyl (C=O) groups is 2. The van der Waals surface area contributed by atoms with E-state index in [0.717, 1.165) is 56.2 Å². The predicted molar refractivity (Wildman–Crippen MR) is 100 cm³/mol. The Balaban J connectivity index is 1.58. The fourth-order valence-electron chi connectivity index (χ4n) is 3.47. The first-order valence-electron chi connectivity index (χ1n) is 9.33. The molecule has 0 bridgehead atoms. The fourth-order valence-corrected chi connectivity index (χ4v) is 3.47. The monoisotopic (exact) mass is 367 g/mol. The van der Waals surface area contributed by atoms with Crippen molar-refractivity contribution in [1.29, 1.82) is 0 Å². The van der Waals surface area contributed by atoms with E-state index >= 15 is 0 Å². The summed E-state index contributed by atoms with van der Waals surface area (Å²) in [4.78, 5) is 30.5. The number of anilines is 2. The van der Waals surface area contributed by atoms with Gasteiger partial charge in [-0.25, -0.2) is 4.98 Å². The number of rotatable bonds is 4. The first kappa shape index (κ1) is 16.2. The summed E-state index contributed by atoms with van der Waals surface area (Å²) in [6.45, 7) is 3.65. The van der Waals surface area contributed by atoms with Crippen LogP contribution in [0.25, 0.3) is 11.7 Å². The topological polar surface area (TPSA) is 104 Å². The summed E-state index contributed by atoms with van der Waals surface area (Å²) in [6.07, 6.45) is 5.84. The number of fused-ring (bicyclic) bond motifs is 1. The fraction of sp³-hybridized carbons (Fsp3) is 0.444. The molecule has 3 N–H and O–H groups in total. The van der Waals surface area contributed by atoms with E-state index in [1.807, 2.05) is 6.07 Å². The van der Waals surface area contributed by atoms with E-state index in [0.29, 0.717) is 17.3 Å². The Hall–Kier alpha value is -2.94. The lowest BCUT2D eigenvalue weighted by molar-refractivity contribution is -0.124. The third-order valence-electron chi connectivity index (χ3n) is 5.08. The molecular weight excluding hydrogens is 346 g/mol. The molecule has 2 saturated heterocycles. The Morgan fingerprint density at radius 1 is 1.22 bits per heavy atom. The largest absolute Gasteiger partial charge is 0.367 e. The van der Waals surface area contributed by atoms with Gasteiger partial charge in [0, 0.05) is 49.4 Å². The highest BCUT2D eigenvalue weighted by Gasteiger charge is 2.26. The molecule has 0 atom stereocenters. The lowest BCUT2D eigenvalue weighted by atomic mass is 10.1. The Bertz CT molecular complexity index is 954. The van der Waals surface area contributed by atoms with Gasteiger partial charge in [-0.2, -0.15) is 9.61 Å². The van der Waals surface area contributed by atoms with Gasteiger partial charge in [0.2, 0.25) is 5.91 Å². The van der Waals surface area contributed by atoms with Crippen LogP contribution in [0.2, 0.25) is 0 Å². The number of nitrogens with zero attached hydrogens (tertiary/aromatic N) is 4. The van der Waals surface area contributed by atoms with Crippen molar-refractivity contribution >= 4 is 35.2 Å². The van der Waals surface area contributed by atoms with Crippen molar-refractivity contribution in [3.63, 3.8) is 0 Å². The van der Waals surface area contributed by atoms with Crippen molar-refractivity contribution in [2.24, 2.45) is 0 Å². The van der Waals surface area contributed by atoms with Crippen molar-refractivity contribution in [2.45, 2.75) is 25.3 Å². The van der Waals surface area contributed by atoms with E-state index in [1.165, 1.54) is 0 Å². The SMILES string of the molecule is O=C1CC(=Cc2cnn3c(NC4CC4)cc(N4CCNCC4)nc23)C(=O)N1. The molecule has 27 heavy (non-hydrogen) atoms. The van der Waals surface area contributed by atoms with E-state index in [4.69, 9.17) is 4.98 Å². The number of imide groups is 1. The highest BCUT2D eigenvalue weighted by Crippen LogP contribution is 2.29. The normalized spacial score (nSPS) is 21.9. The highest BCUT2D eigenvalue weighted by atomic mass is 16.2. The molecule has 2 amide bonds. The molecule has 140 valence electrons. The second-order valence-electron chi connectivity index (χ2n) is 7.21. The van der Waals surface area contributed by atoms with Gasteiger partial charge in [-0.05, 0) is 18.9 Å². The minimum Gasteiger partial charge on any atom is -0.367 e. The lowest BCUT2D eigenvalue weighted by Gasteiger charge is -2.28. The van der Waals surface area contributed by atoms with Gasteiger partial charge in [-0.15, -0.1) is 0 Å². The highest BCUT2D eigenvalue weighted by molar-refractivity contribution is 6.15. The maximum Gasteiger partial charge on any atom is 0.254 e. The van der Waals surface area contributed by atoms with Crippen LogP contribution in [0.1, 0.15) is 24.8 Å². The Morgan fingerprint density at radius 3 is 2.74 bits per heavy atom. The smallest absolute Gasteiger partial charge is 0.254 e. The zero-order valence-corrected chi connectivity index (χ0v) is 14.9. The van der Waals surface area contributed by atoms with Crippen LogP contribution in [0.15, 0.2) is 17.8 Å². The molecule has 3 aliphatic rings. The lowest BCUT2D eigenvalue weighted by Crippen LogP contribution is -2.44. The van der Waals surface area contributed by atoms with Gasteiger partial charge in [0.15, 0.2) is 5.65 Å². The Kier molecular flexibility index (Phi) is 3.82. The molecular formula is C18H21N7O2. The number of carbonyl (C=O) groups excluding carboxylic acids is 2. The van der Waals surface area contributed by atoms with Crippen molar-refractivity contribution < 1.29 is 9.59 Å². The van der Waals surface area contributed by atoms with Crippen LogP contribution < -0.4 is 20.9 Å². The van der Waals surface area contributed by atoms with Crippen molar-refractivity contribution in [3.8, 4) is 0 Å². The van der Waals surface area contributed by atoms with Crippen molar-refractivity contribution in [3.05, 3.63) is 23.4 Å². The standard InChI is InChI=1S/C18H21N7O2/c26-16-8-11(18(27)23-16)7-12-10-20-25-15(21-13-1-2-13)9-14(22-17(12)25)24-5-3-19-4-6-24/h7,9-10,13,19,21H,1-6,8H2,(H,23,26,27). The van der Waals surface area contributed by atoms with Crippen LogP contribution in [0, 0.1) is 0 Å². The number of hydrogen-bond acceptors (Lipinski definition) is 7. The van der Waals surface area contributed by atoms with Gasteiger partial charge in [0.1, 0.15) is 11.6 Å². The van der Waals surface area contributed by atoms with Crippen LogP contribution in [0.4, 0.5) is 11.6 Å². The zero-order chi connectivity index (χ0) is 18.4. The Labute approximate surface area is 155 Å². The quantitative estimate of drug-likeness (QED) is 0.522. The molecule has 0 unspecified atom stereocenters. The molecule has 4 heterocycles. The average molecular weight is 367 g/mol. The zero-order valence-electron chi connectivity index (χ0n) is 14.9. The summed E-state index contributed by atoms with van der Waals surface area (Å²) in [6, 6.07) is 2.53. The molecule has 3 fully saturated rings. The van der Waals surface area contributed by atoms with Crippen LogP contribution >= 0.6 is 0 Å². The van der Waals surface area contributed by atoms with Crippen LogP contribution in [-0.2, 0) is 9.59 Å². The summed E-state index contributed by atoms with van der Waals surface area (Å²) < 4.78 is 1.78. The van der Waals surface area contributed by atoms with E-state index in [2.05, 4.69) is 25.9 Å². The van der Waals surface area contributed by atoms with Crippen molar-refractivity contribution in [2.75, 3.05) is 36.4 Å². The van der Waals surface area contributed by atoms with Crippen LogP contribution in [0.5, 0.6) is 0 Å². The molecule has 9 heteroatoms. The average Bonchev–Trinajstić information content (AvgIpc) is 3.31. The number of amides is 2. The first-order chi connectivity index (χ1) is 13.2. The van der Waals surface area contributed by atoms with Gasteiger partial charge in [-0.1, -0.05) is 0 Å². The number of piperazine rings is 1. The third-order valence-corrected chi connectivity index (χ3v) is 5.08. The van der Waals surface area contributed by atoms with E-state index in [-0.39, 0.29) is 18.2 Å². The molecule has 1 aliphatic carbocycles. The Morgan fingerprint density at radius 2 is 2.04 bits per heavy atom. The molecule has 5 rings (SSSR count). The van der Waals surface area contributed by atoms with E-state index in [1.54, 1.807) is 16.8 Å². The molecule has 2 aromatic rings. The summed E-state index contributed by atoms with van der Waals surface area (Å²) in [5, 5.41) is 13.7. The van der Waals surface area contributed by atoms with Crippen LogP contribution in [0.3, 0.4) is 0 Å². The minimum absolute atomic E-state index is 0.0981. The van der Waals surface area contributed by atoms with Gasteiger partial charge < -0.3 is 15.5 Å². The minimum atomic E-state index is -0.339. The number of hydrogen-bond donors (Lipinski definition) is 3. The molecule has 0 radical (unpaired) electrons. The summed E-state index contributed by atoms with van der Waals surface area (Å²) in [7, 11) is 0. The van der Waals surface area contributed by atoms with Gasteiger partial charge in [0.05, 0.1) is 12.6 Å². The molecule has 0 aromatic carbocycles. The summed E-state index contributed by atoms with van der Waals surface area (Å²) in [5.41, 5.74) is 1.88. The first-order valence-corrected chi connectivity index (χ1v) is 9.33. The molecule has 9 nitrogen and oxygen atoms in total. The van der Waals surface area contributed by atoms with Gasteiger partial charge in [-0.3, -0.25) is 14.9 Å². The van der Waals surface area contributed by atoms with Crippen molar-refractivity contribution in [1.82, 2.24) is 25.2 Å². The second kappa shape index (κ2) is 6.34. The summed E-state index contributed by atoms with van der Waals surface area (Å²) >= 11 is 0. The van der Waals surface area contributed by atoms with E-state index < -0.39 is 0 Å². The number of aromatic nitrogens is 3. The summed E-state index contributed by atoms with van der Waals surface area (Å²) in [5.74, 6) is 1.20. The molecule has 1 saturated carbocycles. The van der Waals surface area contributed by atoms with E-state index in [9.17, 15) is 9.59 Å². The molecule has 0 spiro atoms. The van der Waals surface area contributed by atoms with Crippen LogP contribution in [-0.4, -0.2) is 58.6 Å². The van der Waals surface area contributed by atoms with Gasteiger partial charge in [0.25, 0.3) is 5.91 Å². The molecule has 2 aliphatic heterocycles. The molecule has 2 aromatic heterocycles. The maximum atomic E-state index is 11.9. The predicted octanol–water partition coefficient (Wildman–Crippen LogP) is 0.143. The number of nitrogens with one attached hydrogen (secondary N) is 3.